The highest BCUT2D eigenvalue weighted by atomic mass is 35.5. The van der Waals surface area contributed by atoms with E-state index in [9.17, 15) is 4.79 Å². The average molecular weight is 425 g/mol. The molecule has 0 unspecified atom stereocenters. The van der Waals surface area contributed by atoms with Crippen LogP contribution in [-0.2, 0) is 6.42 Å². The van der Waals surface area contributed by atoms with Crippen molar-refractivity contribution in [1.29, 1.82) is 0 Å². The van der Waals surface area contributed by atoms with Gasteiger partial charge < -0.3 is 10.2 Å². The van der Waals surface area contributed by atoms with Crippen LogP contribution in [0.3, 0.4) is 0 Å². The molecule has 168 valence electrons. The summed E-state index contributed by atoms with van der Waals surface area (Å²) in [6.07, 6.45) is 11.2. The summed E-state index contributed by atoms with van der Waals surface area (Å²) in [7, 11) is 0. The average Bonchev–Trinajstić information content (AvgIpc) is 2.65. The highest BCUT2D eigenvalue weighted by molar-refractivity contribution is 6.33. The molecule has 1 N–H and O–H groups in total. The molecular weight excluding hydrogens is 380 g/mol. The minimum absolute atomic E-state index is 0. The fourth-order valence-electron chi connectivity index (χ4n) is 4.03. The van der Waals surface area contributed by atoms with Gasteiger partial charge in [-0.2, -0.15) is 0 Å². The van der Waals surface area contributed by atoms with Crippen LogP contribution in [0.4, 0.5) is 0 Å². The van der Waals surface area contributed by atoms with Crippen LogP contribution >= 0.6 is 11.6 Å². The number of nitrogens with one attached hydrogen (secondary N) is 1. The van der Waals surface area contributed by atoms with E-state index in [1.54, 1.807) is 0 Å². The van der Waals surface area contributed by atoms with Gasteiger partial charge in [0.15, 0.2) is 0 Å². The number of carbonyl (C=O) groups is 1. The van der Waals surface area contributed by atoms with Crippen LogP contribution < -0.4 is 5.32 Å². The third-order valence-electron chi connectivity index (χ3n) is 5.89. The number of aryl methyl sites for hydroxylation is 1. The van der Waals surface area contributed by atoms with Gasteiger partial charge in [-0.25, -0.2) is 0 Å². The Kier molecular flexibility index (Phi) is 15.2. The molecule has 0 atom stereocenters. The molecule has 1 aromatic carbocycles. The van der Waals surface area contributed by atoms with E-state index in [0.29, 0.717) is 16.5 Å². The molecule has 1 aliphatic carbocycles. The number of hydrogen-bond donors (Lipinski definition) is 1. The molecule has 0 heterocycles. The standard InChI is InChI=1S/C23H37ClN2O.2CH4/c1-3-26(4-2)16-10-13-19-14-15-22(24)21(17-19)23(27)25-18-20-11-8-6-5-7-9-12-20;;/h14-15,17,20H,3-13,16,18H2,1-2H3,(H,25,27);2*1H4. The molecule has 0 bridgehead atoms. The van der Waals surface area contributed by atoms with Crippen molar-refractivity contribution in [2.24, 2.45) is 5.92 Å². The van der Waals surface area contributed by atoms with E-state index in [-0.39, 0.29) is 20.8 Å². The van der Waals surface area contributed by atoms with Gasteiger partial charge in [0.1, 0.15) is 0 Å². The Morgan fingerprint density at radius 3 is 2.31 bits per heavy atom. The molecule has 3 nitrogen and oxygen atoms in total. The molecule has 1 aliphatic rings. The maximum atomic E-state index is 12.7. The molecule has 0 saturated heterocycles. The van der Waals surface area contributed by atoms with E-state index in [4.69, 9.17) is 11.6 Å². The van der Waals surface area contributed by atoms with Crippen LogP contribution in [0.1, 0.15) is 96.0 Å². The van der Waals surface area contributed by atoms with Gasteiger partial charge in [-0.05, 0) is 68.9 Å². The van der Waals surface area contributed by atoms with Crippen LogP contribution in [0.2, 0.25) is 5.02 Å². The molecule has 29 heavy (non-hydrogen) atoms. The third-order valence-corrected chi connectivity index (χ3v) is 6.22. The minimum atomic E-state index is -0.0207. The molecule has 4 heteroatoms. The van der Waals surface area contributed by atoms with Crippen molar-refractivity contribution < 1.29 is 4.79 Å². The minimum Gasteiger partial charge on any atom is -0.352 e. The first-order valence-corrected chi connectivity index (χ1v) is 11.3. The summed E-state index contributed by atoms with van der Waals surface area (Å²) in [5.74, 6) is 0.595. The van der Waals surface area contributed by atoms with Crippen LogP contribution in [0.5, 0.6) is 0 Å². The van der Waals surface area contributed by atoms with Gasteiger partial charge in [-0.15, -0.1) is 0 Å². The molecular formula is C25H45ClN2O. The van der Waals surface area contributed by atoms with Crippen molar-refractivity contribution in [1.82, 2.24) is 10.2 Å². The zero-order valence-electron chi connectivity index (χ0n) is 17.2. The van der Waals surface area contributed by atoms with E-state index in [1.165, 1.54) is 50.5 Å². The van der Waals surface area contributed by atoms with Gasteiger partial charge >= 0.3 is 0 Å². The second-order valence-electron chi connectivity index (χ2n) is 7.87. The van der Waals surface area contributed by atoms with Crippen LogP contribution in [0.15, 0.2) is 18.2 Å². The van der Waals surface area contributed by atoms with Crippen molar-refractivity contribution in [2.45, 2.75) is 86.5 Å². The number of amides is 1. The van der Waals surface area contributed by atoms with Crippen molar-refractivity contribution in [2.75, 3.05) is 26.2 Å². The zero-order chi connectivity index (χ0) is 19.5. The molecule has 1 aromatic rings. The Morgan fingerprint density at radius 1 is 1.07 bits per heavy atom. The van der Waals surface area contributed by atoms with E-state index in [0.717, 1.165) is 39.0 Å². The van der Waals surface area contributed by atoms with Gasteiger partial charge in [0, 0.05) is 6.54 Å². The Balaban J connectivity index is 0.00000392. The van der Waals surface area contributed by atoms with Crippen molar-refractivity contribution in [3.05, 3.63) is 34.3 Å². The van der Waals surface area contributed by atoms with Gasteiger partial charge in [0.05, 0.1) is 10.6 Å². The van der Waals surface area contributed by atoms with Gasteiger partial charge in [0.25, 0.3) is 5.91 Å². The number of rotatable bonds is 9. The normalized spacial score (nSPS) is 15.0. The second-order valence-corrected chi connectivity index (χ2v) is 8.27. The molecule has 0 spiro atoms. The first kappa shape index (κ1) is 27.9. The maximum absolute atomic E-state index is 12.7. The highest BCUT2D eigenvalue weighted by Gasteiger charge is 2.15. The predicted molar refractivity (Wildman–Crippen MR) is 129 cm³/mol. The second kappa shape index (κ2) is 15.7. The summed E-state index contributed by atoms with van der Waals surface area (Å²) in [6.45, 7) is 8.45. The van der Waals surface area contributed by atoms with Crippen LogP contribution in [0, 0.1) is 5.92 Å². The van der Waals surface area contributed by atoms with E-state index >= 15 is 0 Å². The third kappa shape index (κ3) is 10.00. The topological polar surface area (TPSA) is 32.3 Å². The molecule has 2 rings (SSSR count). The summed E-state index contributed by atoms with van der Waals surface area (Å²) in [5.41, 5.74) is 1.82. The van der Waals surface area contributed by atoms with Crippen molar-refractivity contribution in [3.63, 3.8) is 0 Å². The lowest BCUT2D eigenvalue weighted by atomic mass is 9.91. The lowest BCUT2D eigenvalue weighted by Crippen LogP contribution is -2.30. The lowest BCUT2D eigenvalue weighted by Gasteiger charge is -2.20. The molecule has 1 fully saturated rings. The summed E-state index contributed by atoms with van der Waals surface area (Å²) in [5, 5.41) is 3.70. The van der Waals surface area contributed by atoms with Crippen molar-refractivity contribution >= 4 is 17.5 Å². The number of benzene rings is 1. The van der Waals surface area contributed by atoms with Gasteiger partial charge in [-0.1, -0.05) is 78.5 Å². The van der Waals surface area contributed by atoms with E-state index < -0.39 is 0 Å². The number of carbonyl (C=O) groups excluding carboxylic acids is 1. The first-order valence-electron chi connectivity index (χ1n) is 10.9. The Morgan fingerprint density at radius 2 is 1.69 bits per heavy atom. The molecule has 1 amide bonds. The van der Waals surface area contributed by atoms with Gasteiger partial charge in [-0.3, -0.25) is 4.79 Å². The smallest absolute Gasteiger partial charge is 0.252 e. The first-order chi connectivity index (χ1) is 13.1. The highest BCUT2D eigenvalue weighted by Crippen LogP contribution is 2.22. The predicted octanol–water partition coefficient (Wildman–Crippen LogP) is 6.98. The molecule has 0 aliphatic heterocycles. The fourth-order valence-corrected chi connectivity index (χ4v) is 4.23. The molecule has 1 saturated carbocycles. The van der Waals surface area contributed by atoms with E-state index in [2.05, 4.69) is 30.1 Å². The quantitative estimate of drug-likeness (QED) is 0.463. The number of halogens is 1. The number of hydrogen-bond acceptors (Lipinski definition) is 2. The fraction of sp³-hybridized carbons (Fsp3) is 0.720. The van der Waals surface area contributed by atoms with Crippen LogP contribution in [-0.4, -0.2) is 37.0 Å². The summed E-state index contributed by atoms with van der Waals surface area (Å²) < 4.78 is 0. The summed E-state index contributed by atoms with van der Waals surface area (Å²) in [6, 6.07) is 5.91. The van der Waals surface area contributed by atoms with Gasteiger partial charge in [0.2, 0.25) is 0 Å². The Bertz CT molecular complexity index is 564. The SMILES string of the molecule is C.C.CCN(CC)CCCc1ccc(Cl)c(C(=O)NCC2CCCCCCC2)c1. The Hall–Kier alpha value is -1.06. The lowest BCUT2D eigenvalue weighted by molar-refractivity contribution is 0.0944. The zero-order valence-corrected chi connectivity index (χ0v) is 18.0. The van der Waals surface area contributed by atoms with Crippen molar-refractivity contribution in [3.8, 4) is 0 Å². The summed E-state index contributed by atoms with van der Waals surface area (Å²) >= 11 is 6.32. The van der Waals surface area contributed by atoms with E-state index in [1.807, 2.05) is 12.1 Å². The monoisotopic (exact) mass is 424 g/mol. The number of nitrogens with zero attached hydrogens (tertiary/aromatic N) is 1. The Labute approximate surface area is 185 Å². The summed E-state index contributed by atoms with van der Waals surface area (Å²) in [4.78, 5) is 15.1. The maximum Gasteiger partial charge on any atom is 0.252 e. The molecule has 0 aromatic heterocycles. The van der Waals surface area contributed by atoms with Crippen LogP contribution in [0.25, 0.3) is 0 Å². The molecule has 0 radical (unpaired) electrons. The largest absolute Gasteiger partial charge is 0.352 e.